The SMILES string of the molecule is CN(Cc1ccoc1)Cc1nc(N)ccc1Cl. The number of hydrogen-bond donors (Lipinski definition) is 1. The second kappa shape index (κ2) is 5.21. The van der Waals surface area contributed by atoms with Crippen LogP contribution in [0.2, 0.25) is 5.02 Å². The first-order valence-electron chi connectivity index (χ1n) is 5.25. The highest BCUT2D eigenvalue weighted by Gasteiger charge is 2.07. The Labute approximate surface area is 105 Å². The van der Waals surface area contributed by atoms with Gasteiger partial charge in [0.1, 0.15) is 5.82 Å². The fraction of sp³-hybridized carbons (Fsp3) is 0.250. The zero-order valence-electron chi connectivity index (χ0n) is 9.56. The Kier molecular flexibility index (Phi) is 3.66. The second-order valence-corrected chi connectivity index (χ2v) is 4.38. The Balaban J connectivity index is 2.02. The quantitative estimate of drug-likeness (QED) is 0.907. The molecule has 90 valence electrons. The van der Waals surface area contributed by atoms with Crippen molar-refractivity contribution in [1.82, 2.24) is 9.88 Å². The lowest BCUT2D eigenvalue weighted by Crippen LogP contribution is -2.18. The number of pyridine rings is 1. The lowest BCUT2D eigenvalue weighted by molar-refractivity contribution is 0.314. The van der Waals surface area contributed by atoms with E-state index >= 15 is 0 Å². The van der Waals surface area contributed by atoms with E-state index in [-0.39, 0.29) is 0 Å². The van der Waals surface area contributed by atoms with Crippen molar-refractivity contribution in [2.75, 3.05) is 12.8 Å². The number of furan rings is 1. The Bertz CT molecular complexity index is 485. The highest BCUT2D eigenvalue weighted by atomic mass is 35.5. The molecule has 2 heterocycles. The van der Waals surface area contributed by atoms with Gasteiger partial charge in [0.25, 0.3) is 0 Å². The minimum Gasteiger partial charge on any atom is -0.472 e. The maximum atomic E-state index is 6.06. The van der Waals surface area contributed by atoms with E-state index in [0.29, 0.717) is 17.4 Å². The number of rotatable bonds is 4. The summed E-state index contributed by atoms with van der Waals surface area (Å²) in [6.45, 7) is 1.43. The number of nitrogens with two attached hydrogens (primary N) is 1. The predicted molar refractivity (Wildman–Crippen MR) is 67.5 cm³/mol. The van der Waals surface area contributed by atoms with Crippen LogP contribution in [-0.4, -0.2) is 16.9 Å². The van der Waals surface area contributed by atoms with Gasteiger partial charge in [-0.05, 0) is 25.2 Å². The minimum absolute atomic E-state index is 0.487. The van der Waals surface area contributed by atoms with Crippen LogP contribution in [0.1, 0.15) is 11.3 Å². The molecule has 0 aliphatic carbocycles. The summed E-state index contributed by atoms with van der Waals surface area (Å²) in [5.41, 5.74) is 7.54. The molecule has 2 N–H and O–H groups in total. The molecule has 2 aromatic heterocycles. The van der Waals surface area contributed by atoms with Gasteiger partial charge in [0.2, 0.25) is 0 Å². The van der Waals surface area contributed by atoms with E-state index in [4.69, 9.17) is 21.8 Å². The van der Waals surface area contributed by atoms with Crippen LogP contribution in [0.3, 0.4) is 0 Å². The lowest BCUT2D eigenvalue weighted by Gasteiger charge is -2.15. The molecule has 0 atom stereocenters. The van der Waals surface area contributed by atoms with Gasteiger partial charge in [-0.25, -0.2) is 4.98 Å². The van der Waals surface area contributed by atoms with Crippen molar-refractivity contribution in [3.8, 4) is 0 Å². The minimum atomic E-state index is 0.487. The molecule has 0 bridgehead atoms. The third kappa shape index (κ3) is 3.22. The van der Waals surface area contributed by atoms with E-state index in [1.54, 1.807) is 24.7 Å². The summed E-state index contributed by atoms with van der Waals surface area (Å²) in [5.74, 6) is 0.487. The van der Waals surface area contributed by atoms with Crippen LogP contribution in [0.25, 0.3) is 0 Å². The first kappa shape index (κ1) is 12.0. The molecule has 0 amide bonds. The van der Waals surface area contributed by atoms with Gasteiger partial charge in [0, 0.05) is 18.7 Å². The average molecular weight is 252 g/mol. The van der Waals surface area contributed by atoms with Gasteiger partial charge in [-0.2, -0.15) is 0 Å². The van der Waals surface area contributed by atoms with E-state index in [1.165, 1.54) is 0 Å². The van der Waals surface area contributed by atoms with Crippen LogP contribution in [0.5, 0.6) is 0 Å². The molecule has 0 spiro atoms. The number of anilines is 1. The highest BCUT2D eigenvalue weighted by molar-refractivity contribution is 6.31. The molecule has 0 aromatic carbocycles. The number of nitrogens with zero attached hydrogens (tertiary/aromatic N) is 2. The van der Waals surface area contributed by atoms with E-state index in [2.05, 4.69) is 9.88 Å². The summed E-state index contributed by atoms with van der Waals surface area (Å²) in [7, 11) is 1.99. The van der Waals surface area contributed by atoms with Crippen LogP contribution in [0.15, 0.2) is 35.1 Å². The number of halogens is 1. The molecular formula is C12H14ClN3O. The summed E-state index contributed by atoms with van der Waals surface area (Å²) < 4.78 is 5.02. The Hall–Kier alpha value is -1.52. The fourth-order valence-corrected chi connectivity index (χ4v) is 1.78. The van der Waals surface area contributed by atoms with Crippen molar-refractivity contribution in [1.29, 1.82) is 0 Å². The second-order valence-electron chi connectivity index (χ2n) is 3.97. The van der Waals surface area contributed by atoms with Crippen LogP contribution in [0, 0.1) is 0 Å². The lowest BCUT2D eigenvalue weighted by atomic mass is 10.3. The highest BCUT2D eigenvalue weighted by Crippen LogP contribution is 2.17. The summed E-state index contributed by atoms with van der Waals surface area (Å²) in [5, 5.41) is 0.637. The van der Waals surface area contributed by atoms with Gasteiger partial charge in [0.15, 0.2) is 0 Å². The van der Waals surface area contributed by atoms with E-state index < -0.39 is 0 Å². The molecule has 2 rings (SSSR count). The van der Waals surface area contributed by atoms with Crippen molar-refractivity contribution >= 4 is 17.4 Å². The first-order valence-corrected chi connectivity index (χ1v) is 5.63. The monoisotopic (exact) mass is 251 g/mol. The predicted octanol–water partition coefficient (Wildman–Crippen LogP) is 2.54. The number of nitrogen functional groups attached to an aromatic ring is 1. The van der Waals surface area contributed by atoms with Crippen LogP contribution in [-0.2, 0) is 13.1 Å². The molecule has 0 fully saturated rings. The van der Waals surface area contributed by atoms with E-state index in [1.807, 2.05) is 13.1 Å². The van der Waals surface area contributed by atoms with Crippen LogP contribution in [0.4, 0.5) is 5.82 Å². The van der Waals surface area contributed by atoms with Crippen molar-refractivity contribution in [2.45, 2.75) is 13.1 Å². The van der Waals surface area contributed by atoms with Gasteiger partial charge in [0.05, 0.1) is 23.2 Å². The summed E-state index contributed by atoms with van der Waals surface area (Å²) in [6.07, 6.45) is 3.39. The van der Waals surface area contributed by atoms with Crippen molar-refractivity contribution in [3.05, 3.63) is 47.0 Å². The molecule has 0 unspecified atom stereocenters. The van der Waals surface area contributed by atoms with E-state index in [0.717, 1.165) is 17.8 Å². The zero-order chi connectivity index (χ0) is 12.3. The normalized spacial score (nSPS) is 11.0. The molecular weight excluding hydrogens is 238 g/mol. The maximum Gasteiger partial charge on any atom is 0.123 e. The van der Waals surface area contributed by atoms with E-state index in [9.17, 15) is 0 Å². The summed E-state index contributed by atoms with van der Waals surface area (Å²) in [6, 6.07) is 5.40. The average Bonchev–Trinajstić information content (AvgIpc) is 2.76. The molecule has 0 saturated carbocycles. The summed E-state index contributed by atoms with van der Waals surface area (Å²) in [4.78, 5) is 6.32. The Morgan fingerprint density at radius 3 is 2.88 bits per heavy atom. The summed E-state index contributed by atoms with van der Waals surface area (Å²) >= 11 is 6.06. The topological polar surface area (TPSA) is 55.3 Å². The molecule has 5 heteroatoms. The number of aromatic nitrogens is 1. The van der Waals surface area contributed by atoms with Gasteiger partial charge >= 0.3 is 0 Å². The number of hydrogen-bond acceptors (Lipinski definition) is 4. The first-order chi connectivity index (χ1) is 8.15. The molecule has 2 aromatic rings. The van der Waals surface area contributed by atoms with Gasteiger partial charge < -0.3 is 10.2 Å². The Morgan fingerprint density at radius 1 is 1.35 bits per heavy atom. The van der Waals surface area contributed by atoms with Crippen molar-refractivity contribution in [3.63, 3.8) is 0 Å². The zero-order valence-corrected chi connectivity index (χ0v) is 10.3. The maximum absolute atomic E-state index is 6.06. The molecule has 4 nitrogen and oxygen atoms in total. The van der Waals surface area contributed by atoms with Crippen LogP contribution >= 0.6 is 11.6 Å². The standard InChI is InChI=1S/C12H14ClN3O/c1-16(6-9-4-5-17-8-9)7-11-10(13)2-3-12(14)15-11/h2-5,8H,6-7H2,1H3,(H2,14,15). The van der Waals surface area contributed by atoms with Crippen molar-refractivity contribution in [2.24, 2.45) is 0 Å². The largest absolute Gasteiger partial charge is 0.472 e. The van der Waals surface area contributed by atoms with Crippen LogP contribution < -0.4 is 5.73 Å². The molecule has 0 saturated heterocycles. The van der Waals surface area contributed by atoms with Crippen molar-refractivity contribution < 1.29 is 4.42 Å². The van der Waals surface area contributed by atoms with Gasteiger partial charge in [-0.1, -0.05) is 11.6 Å². The smallest absolute Gasteiger partial charge is 0.123 e. The molecule has 17 heavy (non-hydrogen) atoms. The third-order valence-electron chi connectivity index (χ3n) is 2.39. The van der Waals surface area contributed by atoms with Gasteiger partial charge in [-0.3, -0.25) is 4.90 Å². The fourth-order valence-electron chi connectivity index (χ4n) is 1.62. The van der Waals surface area contributed by atoms with Gasteiger partial charge in [-0.15, -0.1) is 0 Å². The molecule has 0 aliphatic rings. The molecule has 0 radical (unpaired) electrons. The molecule has 0 aliphatic heterocycles. The Morgan fingerprint density at radius 2 is 2.18 bits per heavy atom. The third-order valence-corrected chi connectivity index (χ3v) is 2.74.